The molecule has 8 aromatic carbocycles. The van der Waals surface area contributed by atoms with Gasteiger partial charge in [0.05, 0.1) is 49.9 Å². The van der Waals surface area contributed by atoms with Crippen molar-refractivity contribution in [2.24, 2.45) is 0 Å². The number of nitrogens with zero attached hydrogens (tertiary/aromatic N) is 4. The second kappa shape index (κ2) is 12.4. The number of fused-ring (bicyclic) bond motifs is 11. The first-order chi connectivity index (χ1) is 28.3. The van der Waals surface area contributed by atoms with Crippen molar-refractivity contribution >= 4 is 65.6 Å². The van der Waals surface area contributed by atoms with Crippen LogP contribution in [0.2, 0.25) is 0 Å². The Kier molecular flexibility index (Phi) is 6.86. The maximum Gasteiger partial charge on any atom is 0.162 e. The maximum atomic E-state index is 7.19. The summed E-state index contributed by atoms with van der Waals surface area (Å²) in [4.78, 5) is 10.5. The molecule has 57 heavy (non-hydrogen) atoms. The Morgan fingerprint density at radius 3 is 1.44 bits per heavy atom. The van der Waals surface area contributed by atoms with Crippen LogP contribution in [-0.4, -0.2) is 19.1 Å². The molecular formula is C52H32N4O. The molecule has 0 saturated heterocycles. The summed E-state index contributed by atoms with van der Waals surface area (Å²) < 4.78 is 11.9. The first kappa shape index (κ1) is 31.6. The van der Waals surface area contributed by atoms with Gasteiger partial charge in [-0.2, -0.15) is 0 Å². The van der Waals surface area contributed by atoms with Gasteiger partial charge in [-0.25, -0.2) is 9.97 Å². The topological polar surface area (TPSA) is 48.8 Å². The summed E-state index contributed by atoms with van der Waals surface area (Å²) in [5, 5.41) is 6.69. The van der Waals surface area contributed by atoms with Gasteiger partial charge in [0, 0.05) is 43.9 Å². The molecule has 5 heteroatoms. The van der Waals surface area contributed by atoms with Gasteiger partial charge in [0.15, 0.2) is 5.82 Å². The molecule has 0 amide bonds. The average Bonchev–Trinajstić information content (AvgIpc) is 3.95. The van der Waals surface area contributed by atoms with E-state index in [0.717, 1.165) is 99.6 Å². The van der Waals surface area contributed by atoms with Crippen LogP contribution in [0.15, 0.2) is 199 Å². The van der Waals surface area contributed by atoms with Gasteiger partial charge in [0.25, 0.3) is 0 Å². The Balaban J connectivity index is 1.13. The number of benzene rings is 8. The molecule has 0 fully saturated rings. The van der Waals surface area contributed by atoms with E-state index in [2.05, 4.69) is 191 Å². The second-order valence-electron chi connectivity index (χ2n) is 14.5. The molecule has 0 aliphatic rings. The van der Waals surface area contributed by atoms with Crippen molar-refractivity contribution < 1.29 is 4.42 Å². The summed E-state index contributed by atoms with van der Waals surface area (Å²) >= 11 is 0. The zero-order chi connectivity index (χ0) is 37.5. The molecule has 0 radical (unpaired) electrons. The summed E-state index contributed by atoms with van der Waals surface area (Å²) in [5.74, 6) is 0.666. The van der Waals surface area contributed by atoms with E-state index in [9.17, 15) is 0 Å². The fourth-order valence-electron chi connectivity index (χ4n) is 8.85. The predicted molar refractivity (Wildman–Crippen MR) is 234 cm³/mol. The van der Waals surface area contributed by atoms with E-state index in [-0.39, 0.29) is 0 Å². The lowest BCUT2D eigenvalue weighted by atomic mass is 10.1. The molecule has 12 rings (SSSR count). The van der Waals surface area contributed by atoms with Gasteiger partial charge in [-0.15, -0.1) is 0 Å². The number of para-hydroxylation sites is 4. The van der Waals surface area contributed by atoms with Gasteiger partial charge in [-0.3, -0.25) is 0 Å². The molecule has 4 aromatic heterocycles. The van der Waals surface area contributed by atoms with Gasteiger partial charge in [0.1, 0.15) is 11.2 Å². The Morgan fingerprint density at radius 2 is 0.842 bits per heavy atom. The molecule has 0 bridgehead atoms. The average molecular weight is 729 g/mol. The van der Waals surface area contributed by atoms with Crippen LogP contribution in [0.4, 0.5) is 0 Å². The van der Waals surface area contributed by atoms with E-state index in [0.29, 0.717) is 5.82 Å². The lowest BCUT2D eigenvalue weighted by Crippen LogP contribution is -2.01. The highest BCUT2D eigenvalue weighted by atomic mass is 16.3. The van der Waals surface area contributed by atoms with Crippen LogP contribution < -0.4 is 0 Å². The highest BCUT2D eigenvalue weighted by molar-refractivity contribution is 6.29. The lowest BCUT2D eigenvalue weighted by molar-refractivity contribution is 0.677. The van der Waals surface area contributed by atoms with Crippen molar-refractivity contribution in [3.63, 3.8) is 0 Å². The van der Waals surface area contributed by atoms with E-state index in [1.165, 1.54) is 5.39 Å². The molecule has 0 unspecified atom stereocenters. The standard InChI is InChI=1S/C52H32N4O/c1-4-16-33(17-5-1)41-32-42(34-18-6-2-7-19-34)54-52(53-41)40-24-12-15-27-45(40)56-44-26-14-11-23-39(44)49-47(56)31-29-37-36-28-30-46-48(50(36)57-51(37)49)38-22-10-13-25-43(38)55(46)35-20-8-3-9-21-35/h1-32H. The number of furan rings is 1. The molecule has 4 heterocycles. The summed E-state index contributed by atoms with van der Waals surface area (Å²) in [6.45, 7) is 0. The lowest BCUT2D eigenvalue weighted by Gasteiger charge is -2.15. The normalized spacial score (nSPS) is 11.9. The van der Waals surface area contributed by atoms with E-state index >= 15 is 0 Å². The van der Waals surface area contributed by atoms with Gasteiger partial charge in [0.2, 0.25) is 0 Å². The van der Waals surface area contributed by atoms with E-state index < -0.39 is 0 Å². The Labute approximate surface area is 327 Å². The van der Waals surface area contributed by atoms with Crippen LogP contribution in [0.25, 0.3) is 111 Å². The molecule has 5 nitrogen and oxygen atoms in total. The predicted octanol–water partition coefficient (Wildman–Crippen LogP) is 13.6. The van der Waals surface area contributed by atoms with Gasteiger partial charge in [-0.1, -0.05) is 127 Å². The molecule has 0 N–H and O–H groups in total. The van der Waals surface area contributed by atoms with Gasteiger partial charge in [-0.05, 0) is 66.7 Å². The molecule has 0 atom stereocenters. The molecule has 0 aliphatic carbocycles. The van der Waals surface area contributed by atoms with Crippen molar-refractivity contribution in [1.29, 1.82) is 0 Å². The summed E-state index contributed by atoms with van der Waals surface area (Å²) in [5.41, 5.74) is 13.1. The fraction of sp³-hybridized carbons (Fsp3) is 0. The van der Waals surface area contributed by atoms with E-state index in [1.807, 2.05) is 12.1 Å². The zero-order valence-corrected chi connectivity index (χ0v) is 30.7. The molecular weight excluding hydrogens is 697 g/mol. The number of hydrogen-bond donors (Lipinski definition) is 0. The molecule has 0 saturated carbocycles. The summed E-state index contributed by atoms with van der Waals surface area (Å²) in [6, 6.07) is 68.0. The van der Waals surface area contributed by atoms with Crippen molar-refractivity contribution in [2.75, 3.05) is 0 Å². The third kappa shape index (κ3) is 4.76. The first-order valence-electron chi connectivity index (χ1n) is 19.3. The molecule has 0 spiro atoms. The highest BCUT2D eigenvalue weighted by Gasteiger charge is 2.24. The van der Waals surface area contributed by atoms with E-state index in [4.69, 9.17) is 14.4 Å². The third-order valence-electron chi connectivity index (χ3n) is 11.3. The van der Waals surface area contributed by atoms with Gasteiger partial charge < -0.3 is 13.6 Å². The van der Waals surface area contributed by atoms with Crippen molar-refractivity contribution in [1.82, 2.24) is 19.1 Å². The Morgan fingerprint density at radius 1 is 0.368 bits per heavy atom. The zero-order valence-electron chi connectivity index (χ0n) is 30.7. The third-order valence-corrected chi connectivity index (χ3v) is 11.3. The number of rotatable bonds is 5. The smallest absolute Gasteiger partial charge is 0.162 e. The van der Waals surface area contributed by atoms with Crippen LogP contribution in [-0.2, 0) is 0 Å². The van der Waals surface area contributed by atoms with Gasteiger partial charge >= 0.3 is 0 Å². The minimum atomic E-state index is 0.666. The number of hydrogen-bond acceptors (Lipinski definition) is 3. The fourth-order valence-corrected chi connectivity index (χ4v) is 8.85. The summed E-state index contributed by atoms with van der Waals surface area (Å²) in [6.07, 6.45) is 0. The maximum absolute atomic E-state index is 7.19. The van der Waals surface area contributed by atoms with Crippen LogP contribution in [0, 0.1) is 0 Å². The van der Waals surface area contributed by atoms with Crippen molar-refractivity contribution in [3.8, 4) is 45.3 Å². The van der Waals surface area contributed by atoms with E-state index in [1.54, 1.807) is 0 Å². The monoisotopic (exact) mass is 728 g/mol. The van der Waals surface area contributed by atoms with Crippen LogP contribution in [0.3, 0.4) is 0 Å². The van der Waals surface area contributed by atoms with Crippen molar-refractivity contribution in [3.05, 3.63) is 194 Å². The SMILES string of the molecule is c1ccc(-c2cc(-c3ccccc3)nc(-c3ccccc3-n3c4ccccc4c4c5oc6c(ccc7c6c6ccccc6n7-c6ccccc6)c5ccc43)n2)cc1. The van der Waals surface area contributed by atoms with Crippen molar-refractivity contribution in [2.45, 2.75) is 0 Å². The Hall–Kier alpha value is -7.76. The molecule has 0 aliphatic heterocycles. The number of aromatic nitrogens is 4. The summed E-state index contributed by atoms with van der Waals surface area (Å²) in [7, 11) is 0. The Bertz CT molecular complexity index is 3450. The molecule has 12 aromatic rings. The second-order valence-corrected chi connectivity index (χ2v) is 14.5. The quantitative estimate of drug-likeness (QED) is 0.177. The highest BCUT2D eigenvalue weighted by Crippen LogP contribution is 2.45. The van der Waals surface area contributed by atoms with Crippen LogP contribution >= 0.6 is 0 Å². The minimum absolute atomic E-state index is 0.666. The largest absolute Gasteiger partial charge is 0.455 e. The molecule has 266 valence electrons. The van der Waals surface area contributed by atoms with Crippen LogP contribution in [0.5, 0.6) is 0 Å². The van der Waals surface area contributed by atoms with Crippen LogP contribution in [0.1, 0.15) is 0 Å². The first-order valence-corrected chi connectivity index (χ1v) is 19.3. The minimum Gasteiger partial charge on any atom is -0.455 e.